The van der Waals surface area contributed by atoms with Crippen LogP contribution in [0, 0.1) is 0 Å². The van der Waals surface area contributed by atoms with Gasteiger partial charge in [-0.3, -0.25) is 0 Å². The van der Waals surface area contributed by atoms with Crippen LogP contribution >= 0.6 is 11.3 Å². The first-order chi connectivity index (χ1) is 6.24. The van der Waals surface area contributed by atoms with Gasteiger partial charge in [-0.1, -0.05) is 0 Å². The molecule has 0 bridgehead atoms. The minimum absolute atomic E-state index is 0.0480. The van der Waals surface area contributed by atoms with Crippen LogP contribution in [-0.2, 0) is 6.61 Å². The summed E-state index contributed by atoms with van der Waals surface area (Å²) in [6, 6.07) is 3.36. The molecule has 0 fully saturated rings. The van der Waals surface area contributed by atoms with Gasteiger partial charge in [0.1, 0.15) is 5.75 Å². The molecule has 0 aliphatic heterocycles. The molecule has 2 rings (SSSR count). The number of nitrogen functional groups attached to an aromatic ring is 1. The Bertz CT molecular complexity index is 450. The van der Waals surface area contributed by atoms with Crippen molar-refractivity contribution < 1.29 is 10.2 Å². The summed E-state index contributed by atoms with van der Waals surface area (Å²) < 4.78 is 0.986. The van der Waals surface area contributed by atoms with Gasteiger partial charge >= 0.3 is 0 Å². The zero-order chi connectivity index (χ0) is 9.42. The molecule has 68 valence electrons. The highest BCUT2D eigenvalue weighted by atomic mass is 32.1. The molecule has 0 saturated carbocycles. The maximum atomic E-state index is 9.35. The number of rotatable bonds is 1. The van der Waals surface area contributed by atoms with Gasteiger partial charge in [-0.25, -0.2) is 0 Å². The van der Waals surface area contributed by atoms with Gasteiger partial charge in [0, 0.05) is 10.1 Å². The number of fused-ring (bicyclic) bond motifs is 1. The lowest BCUT2D eigenvalue weighted by atomic mass is 10.1. The van der Waals surface area contributed by atoms with E-state index < -0.39 is 0 Å². The van der Waals surface area contributed by atoms with E-state index in [9.17, 15) is 5.11 Å². The number of hydrogen-bond acceptors (Lipinski definition) is 4. The first kappa shape index (κ1) is 8.34. The van der Waals surface area contributed by atoms with Gasteiger partial charge in [-0.15, -0.1) is 11.3 Å². The van der Waals surface area contributed by atoms with E-state index in [0.29, 0.717) is 5.69 Å². The van der Waals surface area contributed by atoms with Crippen molar-refractivity contribution in [3.8, 4) is 5.75 Å². The second-order valence-electron chi connectivity index (χ2n) is 2.79. The summed E-state index contributed by atoms with van der Waals surface area (Å²) in [5, 5.41) is 21.0. The number of hydrogen-bond donors (Lipinski definition) is 3. The molecule has 1 heterocycles. The Morgan fingerprint density at radius 2 is 2.15 bits per heavy atom. The van der Waals surface area contributed by atoms with E-state index in [1.165, 1.54) is 11.3 Å². The van der Waals surface area contributed by atoms with Gasteiger partial charge in [0.15, 0.2) is 0 Å². The van der Waals surface area contributed by atoms with Crippen molar-refractivity contribution in [1.82, 2.24) is 0 Å². The number of phenols is 1. The molecule has 0 atom stereocenters. The highest BCUT2D eigenvalue weighted by molar-refractivity contribution is 7.17. The maximum Gasteiger partial charge on any atom is 0.139 e. The van der Waals surface area contributed by atoms with Crippen molar-refractivity contribution in [2.24, 2.45) is 0 Å². The molecule has 0 radical (unpaired) electrons. The molecule has 0 amide bonds. The Labute approximate surface area is 79.0 Å². The van der Waals surface area contributed by atoms with E-state index in [4.69, 9.17) is 10.8 Å². The second-order valence-corrected chi connectivity index (χ2v) is 3.70. The van der Waals surface area contributed by atoms with Gasteiger partial charge < -0.3 is 15.9 Å². The fourth-order valence-electron chi connectivity index (χ4n) is 1.33. The highest BCUT2D eigenvalue weighted by Gasteiger charge is 2.09. The fraction of sp³-hybridized carbons (Fsp3) is 0.111. The van der Waals surface area contributed by atoms with Crippen molar-refractivity contribution >= 4 is 27.1 Å². The Morgan fingerprint density at radius 3 is 2.85 bits per heavy atom. The average molecular weight is 195 g/mol. The van der Waals surface area contributed by atoms with E-state index in [1.54, 1.807) is 12.1 Å². The van der Waals surface area contributed by atoms with Crippen LogP contribution < -0.4 is 5.73 Å². The van der Waals surface area contributed by atoms with Crippen molar-refractivity contribution in [2.45, 2.75) is 6.61 Å². The van der Waals surface area contributed by atoms with E-state index >= 15 is 0 Å². The van der Waals surface area contributed by atoms with Gasteiger partial charge in [-0.05, 0) is 23.1 Å². The summed E-state index contributed by atoms with van der Waals surface area (Å²) in [5.41, 5.74) is 6.81. The minimum Gasteiger partial charge on any atom is -0.506 e. The first-order valence-electron chi connectivity index (χ1n) is 3.82. The molecule has 1 aromatic heterocycles. The smallest absolute Gasteiger partial charge is 0.139 e. The van der Waals surface area contributed by atoms with Gasteiger partial charge in [0.05, 0.1) is 12.3 Å². The van der Waals surface area contributed by atoms with Crippen LogP contribution in [0.15, 0.2) is 17.5 Å². The van der Waals surface area contributed by atoms with E-state index in [0.717, 1.165) is 15.6 Å². The molecule has 13 heavy (non-hydrogen) atoms. The minimum atomic E-state index is -0.0480. The van der Waals surface area contributed by atoms with Crippen molar-refractivity contribution in [3.05, 3.63) is 23.1 Å². The summed E-state index contributed by atoms with van der Waals surface area (Å²) in [7, 11) is 0. The molecule has 4 heteroatoms. The Hall–Kier alpha value is -1.26. The Balaban J connectivity index is 2.85. The van der Waals surface area contributed by atoms with E-state index in [1.807, 2.05) is 5.38 Å². The van der Waals surface area contributed by atoms with Crippen LogP contribution in [0.3, 0.4) is 0 Å². The van der Waals surface area contributed by atoms with Crippen molar-refractivity contribution in [3.63, 3.8) is 0 Å². The molecule has 3 nitrogen and oxygen atoms in total. The summed E-state index contributed by atoms with van der Waals surface area (Å²) in [6.07, 6.45) is 0. The second kappa shape index (κ2) is 2.90. The zero-order valence-corrected chi connectivity index (χ0v) is 7.64. The zero-order valence-electron chi connectivity index (χ0n) is 6.82. The summed E-state index contributed by atoms with van der Waals surface area (Å²) in [4.78, 5) is 0. The molecular weight excluding hydrogens is 186 g/mol. The SMILES string of the molecule is Nc1c(O)ccc2scc(CO)c12. The predicted octanol–water partition coefficient (Wildman–Crippen LogP) is 1.68. The largest absolute Gasteiger partial charge is 0.506 e. The molecule has 0 aliphatic carbocycles. The molecule has 2 aromatic rings. The number of thiophene rings is 1. The van der Waals surface area contributed by atoms with Crippen LogP contribution in [-0.4, -0.2) is 10.2 Å². The number of benzene rings is 1. The monoisotopic (exact) mass is 195 g/mol. The van der Waals surface area contributed by atoms with Crippen LogP contribution in [0.25, 0.3) is 10.1 Å². The van der Waals surface area contributed by atoms with Crippen molar-refractivity contribution in [1.29, 1.82) is 0 Å². The van der Waals surface area contributed by atoms with Crippen molar-refractivity contribution in [2.75, 3.05) is 5.73 Å². The topological polar surface area (TPSA) is 66.5 Å². The normalized spacial score (nSPS) is 10.8. The number of aliphatic hydroxyl groups is 1. The molecule has 4 N–H and O–H groups in total. The third-order valence-corrected chi connectivity index (χ3v) is 3.00. The molecule has 0 aliphatic rings. The quantitative estimate of drug-likeness (QED) is 0.479. The first-order valence-corrected chi connectivity index (χ1v) is 4.70. The number of aliphatic hydroxyl groups excluding tert-OH is 1. The number of aromatic hydroxyl groups is 1. The summed E-state index contributed by atoms with van der Waals surface area (Å²) >= 11 is 1.51. The van der Waals surface area contributed by atoms with Crippen LogP contribution in [0.1, 0.15) is 5.56 Å². The third-order valence-electron chi connectivity index (χ3n) is 2.00. The lowest BCUT2D eigenvalue weighted by Crippen LogP contribution is -1.89. The molecule has 1 aromatic carbocycles. The lowest BCUT2D eigenvalue weighted by Gasteiger charge is -2.01. The fourth-order valence-corrected chi connectivity index (χ4v) is 2.29. The number of anilines is 1. The van der Waals surface area contributed by atoms with Crippen LogP contribution in [0.5, 0.6) is 5.75 Å². The third kappa shape index (κ3) is 1.15. The van der Waals surface area contributed by atoms with Gasteiger partial charge in [0.2, 0.25) is 0 Å². The number of phenolic OH excluding ortho intramolecular Hbond substituents is 1. The molecule has 0 spiro atoms. The van der Waals surface area contributed by atoms with Crippen LogP contribution in [0.2, 0.25) is 0 Å². The Morgan fingerprint density at radius 1 is 1.38 bits per heavy atom. The maximum absolute atomic E-state index is 9.35. The van der Waals surface area contributed by atoms with E-state index in [2.05, 4.69) is 0 Å². The standard InChI is InChI=1S/C9H9NO2S/c10-9-6(12)1-2-7-8(9)5(3-11)4-13-7/h1-2,4,11-12H,3,10H2. The average Bonchev–Trinajstić information content (AvgIpc) is 2.55. The highest BCUT2D eigenvalue weighted by Crippen LogP contribution is 2.35. The van der Waals surface area contributed by atoms with Gasteiger partial charge in [-0.2, -0.15) is 0 Å². The Kier molecular flexibility index (Phi) is 1.86. The number of nitrogens with two attached hydrogens (primary N) is 1. The summed E-state index contributed by atoms with van der Waals surface area (Å²) in [6.45, 7) is -0.0480. The van der Waals surface area contributed by atoms with E-state index in [-0.39, 0.29) is 12.4 Å². The summed E-state index contributed by atoms with van der Waals surface area (Å²) in [5.74, 6) is 0.0700. The molecule has 0 saturated heterocycles. The van der Waals surface area contributed by atoms with Crippen LogP contribution in [0.4, 0.5) is 5.69 Å². The van der Waals surface area contributed by atoms with Gasteiger partial charge in [0.25, 0.3) is 0 Å². The molecule has 0 unspecified atom stereocenters. The lowest BCUT2D eigenvalue weighted by molar-refractivity contribution is 0.284. The predicted molar refractivity (Wildman–Crippen MR) is 53.8 cm³/mol. The molecular formula is C9H9NO2S.